The molecule has 1 atom stereocenters. The van der Waals surface area contributed by atoms with Crippen molar-refractivity contribution in [1.82, 2.24) is 5.32 Å². The lowest BCUT2D eigenvalue weighted by Crippen LogP contribution is -2.34. The van der Waals surface area contributed by atoms with Gasteiger partial charge in [-0.05, 0) is 42.0 Å². The second-order valence-corrected chi connectivity index (χ2v) is 6.37. The molecule has 27 heavy (non-hydrogen) atoms. The largest absolute Gasteiger partial charge is 0.451 e. The number of benzene rings is 2. The minimum atomic E-state index is -0.805. The molecule has 0 spiro atoms. The Hall–Kier alpha value is -3.39. The van der Waals surface area contributed by atoms with Crippen LogP contribution in [0.5, 0.6) is 0 Å². The van der Waals surface area contributed by atoms with Crippen molar-refractivity contribution >= 4 is 18.0 Å². The Morgan fingerprint density at radius 1 is 1.15 bits per heavy atom. The number of nitrogens with zero attached hydrogens (tertiary/aromatic N) is 1. The predicted molar refractivity (Wildman–Crippen MR) is 101 cm³/mol. The molecule has 0 radical (unpaired) electrons. The highest BCUT2D eigenvalue weighted by Gasteiger charge is 2.22. The first-order valence-electron chi connectivity index (χ1n) is 8.88. The number of esters is 1. The number of hydrogen-bond donors (Lipinski definition) is 1. The maximum absolute atomic E-state index is 12.2. The van der Waals surface area contributed by atoms with Crippen molar-refractivity contribution in [3.05, 3.63) is 76.9 Å². The number of rotatable bonds is 5. The minimum absolute atomic E-state index is 0.0727. The molecule has 0 aromatic heterocycles. The summed E-state index contributed by atoms with van der Waals surface area (Å²) in [6.45, 7) is -0.411. The van der Waals surface area contributed by atoms with Crippen molar-refractivity contribution in [2.45, 2.75) is 25.3 Å². The molecule has 0 saturated carbocycles. The third-order valence-corrected chi connectivity index (χ3v) is 4.49. The average molecular weight is 360 g/mol. The fourth-order valence-electron chi connectivity index (χ4n) is 3.20. The molecule has 0 saturated heterocycles. The summed E-state index contributed by atoms with van der Waals surface area (Å²) in [5.41, 5.74) is 2.93. The molecule has 0 fully saturated rings. The van der Waals surface area contributed by atoms with E-state index in [1.807, 2.05) is 42.5 Å². The summed E-state index contributed by atoms with van der Waals surface area (Å²) in [4.78, 5) is 24.3. The van der Waals surface area contributed by atoms with Gasteiger partial charge in [0.15, 0.2) is 6.61 Å². The van der Waals surface area contributed by atoms with Crippen molar-refractivity contribution in [3.8, 4) is 6.07 Å². The van der Waals surface area contributed by atoms with Crippen LogP contribution in [0.15, 0.2) is 60.2 Å². The average Bonchev–Trinajstić information content (AvgIpc) is 2.71. The van der Waals surface area contributed by atoms with Crippen LogP contribution >= 0.6 is 0 Å². The van der Waals surface area contributed by atoms with E-state index in [-0.39, 0.29) is 17.5 Å². The Morgan fingerprint density at radius 3 is 2.67 bits per heavy atom. The van der Waals surface area contributed by atoms with Gasteiger partial charge in [0.1, 0.15) is 11.6 Å². The van der Waals surface area contributed by atoms with Crippen molar-refractivity contribution in [2.75, 3.05) is 6.61 Å². The number of fused-ring (bicyclic) bond motifs is 1. The molecule has 1 aliphatic carbocycles. The van der Waals surface area contributed by atoms with Crippen LogP contribution in [0.25, 0.3) is 6.08 Å². The molecule has 1 aliphatic rings. The third-order valence-electron chi connectivity index (χ3n) is 4.49. The summed E-state index contributed by atoms with van der Waals surface area (Å²) in [7, 11) is 0. The van der Waals surface area contributed by atoms with E-state index in [0.29, 0.717) is 5.56 Å². The van der Waals surface area contributed by atoms with E-state index in [2.05, 4.69) is 11.4 Å². The smallest absolute Gasteiger partial charge is 0.349 e. The zero-order valence-electron chi connectivity index (χ0n) is 14.9. The molecule has 5 heteroatoms. The number of nitriles is 1. The van der Waals surface area contributed by atoms with Gasteiger partial charge in [-0.25, -0.2) is 4.79 Å². The fourth-order valence-corrected chi connectivity index (χ4v) is 3.20. The van der Waals surface area contributed by atoms with E-state index in [1.165, 1.54) is 11.6 Å². The molecule has 136 valence electrons. The Bertz CT molecular complexity index is 897. The maximum Gasteiger partial charge on any atom is 0.349 e. The van der Waals surface area contributed by atoms with Gasteiger partial charge in [0.2, 0.25) is 0 Å². The van der Waals surface area contributed by atoms with E-state index in [9.17, 15) is 14.9 Å². The number of carbonyl (C=O) groups is 2. The molecule has 2 aromatic carbocycles. The second-order valence-electron chi connectivity index (χ2n) is 6.37. The zero-order chi connectivity index (χ0) is 19.1. The summed E-state index contributed by atoms with van der Waals surface area (Å²) in [6.07, 6.45) is 4.30. The van der Waals surface area contributed by atoms with Crippen LogP contribution in [-0.2, 0) is 20.7 Å². The monoisotopic (exact) mass is 360 g/mol. The second kappa shape index (κ2) is 8.81. The van der Waals surface area contributed by atoms with Gasteiger partial charge in [0, 0.05) is 0 Å². The Kier molecular flexibility index (Phi) is 6.01. The molecule has 0 bridgehead atoms. The van der Waals surface area contributed by atoms with Crippen molar-refractivity contribution in [1.29, 1.82) is 5.26 Å². The van der Waals surface area contributed by atoms with Gasteiger partial charge >= 0.3 is 5.97 Å². The summed E-state index contributed by atoms with van der Waals surface area (Å²) >= 11 is 0. The van der Waals surface area contributed by atoms with Gasteiger partial charge in [-0.1, -0.05) is 54.6 Å². The molecular weight excluding hydrogens is 340 g/mol. The van der Waals surface area contributed by atoms with Crippen LogP contribution in [-0.4, -0.2) is 18.5 Å². The number of amides is 1. The highest BCUT2D eigenvalue weighted by molar-refractivity contribution is 5.98. The van der Waals surface area contributed by atoms with Crippen LogP contribution in [0.1, 0.15) is 35.6 Å². The first-order valence-corrected chi connectivity index (χ1v) is 8.88. The van der Waals surface area contributed by atoms with Gasteiger partial charge in [-0.2, -0.15) is 5.26 Å². The zero-order valence-corrected chi connectivity index (χ0v) is 14.9. The summed E-state index contributed by atoms with van der Waals surface area (Å²) in [5.74, 6) is -1.18. The van der Waals surface area contributed by atoms with E-state index in [1.54, 1.807) is 12.1 Å². The molecule has 5 nitrogen and oxygen atoms in total. The Labute approximate surface area is 158 Å². The van der Waals surface area contributed by atoms with Crippen LogP contribution in [0.2, 0.25) is 0 Å². The maximum atomic E-state index is 12.2. The standard InChI is InChI=1S/C22H20N2O3/c23-14-18(13-16-7-2-1-3-8-16)22(26)27-15-21(25)24-20-12-6-10-17-9-4-5-11-19(17)20/h1-5,7-9,11,13,20H,6,10,12,15H2,(H,24,25)/b18-13+/t20-/m1/s1. The van der Waals surface area contributed by atoms with Gasteiger partial charge in [0.25, 0.3) is 5.91 Å². The number of nitrogens with one attached hydrogen (secondary N) is 1. The SMILES string of the molecule is N#C/C(=C\c1ccccc1)C(=O)OCC(=O)N[C@@H]1CCCc2ccccc21. The Balaban J connectivity index is 1.57. The molecule has 2 aromatic rings. The van der Waals surface area contributed by atoms with E-state index in [4.69, 9.17) is 4.74 Å². The molecule has 3 rings (SSSR count). The summed E-state index contributed by atoms with van der Waals surface area (Å²) in [5, 5.41) is 12.1. The highest BCUT2D eigenvalue weighted by atomic mass is 16.5. The van der Waals surface area contributed by atoms with Gasteiger partial charge in [-0.15, -0.1) is 0 Å². The number of aryl methyl sites for hydroxylation is 1. The van der Waals surface area contributed by atoms with Gasteiger partial charge in [0.05, 0.1) is 6.04 Å². The predicted octanol–water partition coefficient (Wildman–Crippen LogP) is 3.33. The lowest BCUT2D eigenvalue weighted by Gasteiger charge is -2.26. The highest BCUT2D eigenvalue weighted by Crippen LogP contribution is 2.29. The minimum Gasteiger partial charge on any atom is -0.451 e. The third kappa shape index (κ3) is 4.83. The topological polar surface area (TPSA) is 79.2 Å². The van der Waals surface area contributed by atoms with Crippen molar-refractivity contribution in [3.63, 3.8) is 0 Å². The Morgan fingerprint density at radius 2 is 1.89 bits per heavy atom. The molecule has 1 amide bonds. The quantitative estimate of drug-likeness (QED) is 0.504. The fraction of sp³-hybridized carbons (Fsp3) is 0.227. The lowest BCUT2D eigenvalue weighted by atomic mass is 9.88. The lowest BCUT2D eigenvalue weighted by molar-refractivity contribution is -0.144. The van der Waals surface area contributed by atoms with Crippen molar-refractivity contribution in [2.24, 2.45) is 0 Å². The van der Waals surface area contributed by atoms with Gasteiger partial charge < -0.3 is 10.1 Å². The first kappa shape index (κ1) is 18.4. The van der Waals surface area contributed by atoms with Gasteiger partial charge in [-0.3, -0.25) is 4.79 Å². The van der Waals surface area contributed by atoms with Crippen LogP contribution in [0, 0.1) is 11.3 Å². The summed E-state index contributed by atoms with van der Waals surface area (Å²) in [6, 6.07) is 18.8. The summed E-state index contributed by atoms with van der Waals surface area (Å²) < 4.78 is 5.02. The first-order chi connectivity index (χ1) is 13.2. The molecule has 0 unspecified atom stereocenters. The molecular formula is C22H20N2O3. The van der Waals surface area contributed by atoms with Crippen LogP contribution in [0.3, 0.4) is 0 Å². The van der Waals surface area contributed by atoms with E-state index in [0.717, 1.165) is 24.8 Å². The van der Waals surface area contributed by atoms with Crippen molar-refractivity contribution < 1.29 is 14.3 Å². The molecule has 0 heterocycles. The van der Waals surface area contributed by atoms with Crippen LogP contribution < -0.4 is 5.32 Å². The number of ether oxygens (including phenoxy) is 1. The number of hydrogen-bond acceptors (Lipinski definition) is 4. The molecule has 0 aliphatic heterocycles. The molecule has 1 N–H and O–H groups in total. The van der Waals surface area contributed by atoms with E-state index >= 15 is 0 Å². The van der Waals surface area contributed by atoms with Crippen LogP contribution in [0.4, 0.5) is 0 Å². The normalized spacial score (nSPS) is 16.0. The number of carbonyl (C=O) groups excluding carboxylic acids is 2. The van der Waals surface area contributed by atoms with E-state index < -0.39 is 12.6 Å².